The van der Waals surface area contributed by atoms with Crippen LogP contribution in [0.2, 0.25) is 0 Å². The Morgan fingerprint density at radius 3 is 2.89 bits per heavy atom. The summed E-state index contributed by atoms with van der Waals surface area (Å²) >= 11 is 3.37. The Morgan fingerprint density at radius 1 is 1.78 bits per heavy atom. The number of halogens is 1. The summed E-state index contributed by atoms with van der Waals surface area (Å²) in [5.74, 6) is 0.587. The SMILES string of the molecule is CC1C=C(Br)C=C(N)C1. The second kappa shape index (κ2) is 2.56. The lowest BCUT2D eigenvalue weighted by molar-refractivity contribution is 0.700. The van der Waals surface area contributed by atoms with E-state index in [0.29, 0.717) is 5.92 Å². The lowest BCUT2D eigenvalue weighted by Gasteiger charge is -2.11. The van der Waals surface area contributed by atoms with Gasteiger partial charge in [-0.15, -0.1) is 0 Å². The molecule has 0 fully saturated rings. The molecule has 1 atom stereocenters. The summed E-state index contributed by atoms with van der Waals surface area (Å²) < 4.78 is 1.11. The molecule has 50 valence electrons. The average molecular weight is 188 g/mol. The third kappa shape index (κ3) is 1.86. The molecule has 0 aromatic carbocycles. The smallest absolute Gasteiger partial charge is 0.0155 e. The first-order chi connectivity index (χ1) is 4.18. The van der Waals surface area contributed by atoms with Crippen molar-refractivity contribution in [3.63, 3.8) is 0 Å². The third-order valence-corrected chi connectivity index (χ3v) is 1.82. The highest BCUT2D eigenvalue weighted by Crippen LogP contribution is 2.22. The van der Waals surface area contributed by atoms with Crippen molar-refractivity contribution in [3.8, 4) is 0 Å². The molecule has 2 heteroatoms. The Hall–Kier alpha value is -0.240. The van der Waals surface area contributed by atoms with Crippen LogP contribution in [-0.4, -0.2) is 0 Å². The van der Waals surface area contributed by atoms with Crippen LogP contribution in [0.15, 0.2) is 22.3 Å². The van der Waals surface area contributed by atoms with Gasteiger partial charge >= 0.3 is 0 Å². The van der Waals surface area contributed by atoms with Crippen molar-refractivity contribution in [1.82, 2.24) is 0 Å². The van der Waals surface area contributed by atoms with Gasteiger partial charge in [0.05, 0.1) is 0 Å². The lowest BCUT2D eigenvalue weighted by atomic mass is 10.0. The predicted molar refractivity (Wildman–Crippen MR) is 43.1 cm³/mol. The zero-order chi connectivity index (χ0) is 6.85. The topological polar surface area (TPSA) is 26.0 Å². The van der Waals surface area contributed by atoms with Crippen molar-refractivity contribution in [1.29, 1.82) is 0 Å². The van der Waals surface area contributed by atoms with Gasteiger partial charge in [-0.25, -0.2) is 0 Å². The van der Waals surface area contributed by atoms with Gasteiger partial charge in [0.1, 0.15) is 0 Å². The molecule has 1 aliphatic rings. The number of allylic oxidation sites excluding steroid dienone is 4. The highest BCUT2D eigenvalue weighted by atomic mass is 79.9. The van der Waals surface area contributed by atoms with Gasteiger partial charge in [0.15, 0.2) is 0 Å². The summed E-state index contributed by atoms with van der Waals surface area (Å²) in [7, 11) is 0. The van der Waals surface area contributed by atoms with Crippen molar-refractivity contribution < 1.29 is 0 Å². The third-order valence-electron chi connectivity index (χ3n) is 1.32. The van der Waals surface area contributed by atoms with E-state index in [0.717, 1.165) is 16.6 Å². The van der Waals surface area contributed by atoms with Crippen molar-refractivity contribution in [2.75, 3.05) is 0 Å². The molecule has 9 heavy (non-hydrogen) atoms. The molecule has 0 saturated heterocycles. The molecule has 1 rings (SSSR count). The Labute approximate surface area is 63.8 Å². The van der Waals surface area contributed by atoms with Crippen LogP contribution in [-0.2, 0) is 0 Å². The van der Waals surface area contributed by atoms with Crippen LogP contribution in [0.25, 0.3) is 0 Å². The molecule has 0 amide bonds. The summed E-state index contributed by atoms with van der Waals surface area (Å²) in [6.07, 6.45) is 5.12. The fraction of sp³-hybridized carbons (Fsp3) is 0.429. The van der Waals surface area contributed by atoms with Gasteiger partial charge in [-0.1, -0.05) is 28.9 Å². The van der Waals surface area contributed by atoms with Crippen molar-refractivity contribution >= 4 is 15.9 Å². The molecule has 2 N–H and O–H groups in total. The second-order valence-corrected chi connectivity index (χ2v) is 3.37. The van der Waals surface area contributed by atoms with Gasteiger partial charge < -0.3 is 5.73 Å². The first kappa shape index (κ1) is 6.87. The standard InChI is InChI=1S/C7H10BrN/c1-5-2-6(8)4-7(9)3-5/h2,4-5H,3,9H2,1H3. The van der Waals surface area contributed by atoms with E-state index < -0.39 is 0 Å². The summed E-state index contributed by atoms with van der Waals surface area (Å²) in [4.78, 5) is 0. The molecule has 1 aliphatic carbocycles. The average Bonchev–Trinajstić information content (AvgIpc) is 1.59. The summed E-state index contributed by atoms with van der Waals surface area (Å²) in [6, 6.07) is 0. The highest BCUT2D eigenvalue weighted by molar-refractivity contribution is 9.11. The summed E-state index contributed by atoms with van der Waals surface area (Å²) in [5, 5.41) is 0. The fourth-order valence-electron chi connectivity index (χ4n) is 0.987. The van der Waals surface area contributed by atoms with Crippen LogP contribution < -0.4 is 5.73 Å². The maximum absolute atomic E-state index is 5.61. The molecule has 1 unspecified atom stereocenters. The molecule has 0 radical (unpaired) electrons. The zero-order valence-corrected chi connectivity index (χ0v) is 6.98. The molecule has 0 heterocycles. The van der Waals surface area contributed by atoms with Gasteiger partial charge in [-0.05, 0) is 18.4 Å². The number of hydrogen-bond donors (Lipinski definition) is 1. The van der Waals surface area contributed by atoms with Crippen molar-refractivity contribution in [3.05, 3.63) is 22.3 Å². The van der Waals surface area contributed by atoms with Gasteiger partial charge in [0, 0.05) is 10.2 Å². The Balaban J connectivity index is 2.74. The van der Waals surface area contributed by atoms with E-state index in [9.17, 15) is 0 Å². The van der Waals surface area contributed by atoms with Crippen molar-refractivity contribution in [2.24, 2.45) is 11.7 Å². The molecular formula is C7H10BrN. The van der Waals surface area contributed by atoms with Gasteiger partial charge in [0.25, 0.3) is 0 Å². The van der Waals surface area contributed by atoms with E-state index in [2.05, 4.69) is 28.9 Å². The Kier molecular flexibility index (Phi) is 1.96. The van der Waals surface area contributed by atoms with Crippen LogP contribution in [0.5, 0.6) is 0 Å². The minimum Gasteiger partial charge on any atom is -0.402 e. The molecule has 0 bridgehead atoms. The maximum atomic E-state index is 5.61. The molecule has 0 aromatic rings. The predicted octanol–water partition coefficient (Wildman–Crippen LogP) is 2.15. The molecule has 1 nitrogen and oxygen atoms in total. The van der Waals surface area contributed by atoms with Crippen LogP contribution in [0, 0.1) is 5.92 Å². The number of hydrogen-bond acceptors (Lipinski definition) is 1. The first-order valence-electron chi connectivity index (χ1n) is 3.02. The van der Waals surface area contributed by atoms with Crippen LogP contribution >= 0.6 is 15.9 Å². The van der Waals surface area contributed by atoms with Crippen LogP contribution in [0.4, 0.5) is 0 Å². The van der Waals surface area contributed by atoms with E-state index in [1.54, 1.807) is 0 Å². The van der Waals surface area contributed by atoms with E-state index in [1.807, 2.05) is 6.08 Å². The molecule has 0 aromatic heterocycles. The summed E-state index contributed by atoms with van der Waals surface area (Å²) in [5.41, 5.74) is 6.58. The van der Waals surface area contributed by atoms with Crippen molar-refractivity contribution in [2.45, 2.75) is 13.3 Å². The molecule has 0 aliphatic heterocycles. The fourth-order valence-corrected chi connectivity index (χ4v) is 1.73. The Morgan fingerprint density at radius 2 is 2.44 bits per heavy atom. The normalized spacial score (nSPS) is 27.1. The molecular weight excluding hydrogens is 178 g/mol. The van der Waals surface area contributed by atoms with Gasteiger partial charge in [-0.2, -0.15) is 0 Å². The van der Waals surface area contributed by atoms with Gasteiger partial charge in [-0.3, -0.25) is 0 Å². The highest BCUT2D eigenvalue weighted by Gasteiger charge is 2.05. The van der Waals surface area contributed by atoms with Crippen LogP contribution in [0.1, 0.15) is 13.3 Å². The second-order valence-electron chi connectivity index (χ2n) is 2.45. The van der Waals surface area contributed by atoms with E-state index >= 15 is 0 Å². The maximum Gasteiger partial charge on any atom is 0.0155 e. The zero-order valence-electron chi connectivity index (χ0n) is 5.39. The largest absolute Gasteiger partial charge is 0.402 e. The van der Waals surface area contributed by atoms with E-state index in [-0.39, 0.29) is 0 Å². The van der Waals surface area contributed by atoms with Gasteiger partial charge in [0.2, 0.25) is 0 Å². The number of nitrogens with two attached hydrogens (primary N) is 1. The Bertz CT molecular complexity index is 170. The monoisotopic (exact) mass is 187 g/mol. The quantitative estimate of drug-likeness (QED) is 0.619. The van der Waals surface area contributed by atoms with E-state index in [1.165, 1.54) is 0 Å². The van der Waals surface area contributed by atoms with Crippen LogP contribution in [0.3, 0.4) is 0 Å². The number of rotatable bonds is 0. The summed E-state index contributed by atoms with van der Waals surface area (Å²) in [6.45, 7) is 2.15. The minimum absolute atomic E-state index is 0.587. The molecule has 0 saturated carbocycles. The molecule has 0 spiro atoms. The van der Waals surface area contributed by atoms with E-state index in [4.69, 9.17) is 5.73 Å². The lowest BCUT2D eigenvalue weighted by Crippen LogP contribution is -2.05. The first-order valence-corrected chi connectivity index (χ1v) is 3.81. The minimum atomic E-state index is 0.587.